The van der Waals surface area contributed by atoms with Gasteiger partial charge in [0.15, 0.2) is 16.6 Å². The molecule has 1 aromatic heterocycles. The fourth-order valence-corrected chi connectivity index (χ4v) is 12.3. The Kier molecular flexibility index (Phi) is 8.14. The highest BCUT2D eigenvalue weighted by molar-refractivity contribution is 6.84. The number of benzene rings is 1. The molecule has 2 rings (SSSR count). The van der Waals surface area contributed by atoms with Crippen LogP contribution in [0, 0.1) is 0 Å². The van der Waals surface area contributed by atoms with E-state index in [1.54, 1.807) is 6.92 Å². The smallest absolute Gasteiger partial charge is 0.216 e. The zero-order valence-corrected chi connectivity index (χ0v) is 19.9. The highest BCUT2D eigenvalue weighted by Crippen LogP contribution is 2.24. The van der Waals surface area contributed by atoms with Gasteiger partial charge >= 0.3 is 0 Å². The predicted molar refractivity (Wildman–Crippen MR) is 119 cm³/mol. The Balaban J connectivity index is 1.76. The Morgan fingerprint density at radius 2 is 1.71 bits per heavy atom. The molecule has 1 aromatic carbocycles. The van der Waals surface area contributed by atoms with E-state index < -0.39 is 16.6 Å². The highest BCUT2D eigenvalue weighted by atomic mass is 28.4. The molecule has 1 N–H and O–H groups in total. The molecule has 154 valence electrons. The predicted octanol–water partition coefficient (Wildman–Crippen LogP) is 4.29. The van der Waals surface area contributed by atoms with E-state index in [9.17, 15) is 4.79 Å². The first-order chi connectivity index (χ1) is 13.2. The van der Waals surface area contributed by atoms with Crippen LogP contribution in [-0.2, 0) is 15.5 Å². The third-order valence-electron chi connectivity index (χ3n) is 4.66. The molecule has 0 radical (unpaired) electrons. The average Bonchev–Trinajstić information content (AvgIpc) is 3.07. The number of hydrogen-bond donors (Lipinski definition) is 1. The van der Waals surface area contributed by atoms with Crippen molar-refractivity contribution >= 4 is 22.5 Å². The average molecular weight is 419 g/mol. The summed E-state index contributed by atoms with van der Waals surface area (Å²) < 4.78 is 8.60. The van der Waals surface area contributed by atoms with E-state index in [1.807, 2.05) is 29.1 Å². The molecule has 0 aliphatic rings. The zero-order valence-electron chi connectivity index (χ0n) is 17.9. The topological polar surface area (TPSA) is 69.0 Å². The fraction of sp³-hybridized carbons (Fsp3) is 0.550. The molecule has 28 heavy (non-hydrogen) atoms. The quantitative estimate of drug-likeness (QED) is 0.436. The van der Waals surface area contributed by atoms with Gasteiger partial charge in [-0.15, -0.1) is 5.10 Å². The van der Waals surface area contributed by atoms with E-state index in [0.717, 1.165) is 49.3 Å². The van der Waals surface area contributed by atoms with E-state index in [-0.39, 0.29) is 5.91 Å². The lowest BCUT2D eigenvalue weighted by atomic mass is 10.2. The monoisotopic (exact) mass is 418 g/mol. The van der Waals surface area contributed by atoms with E-state index in [1.165, 1.54) is 0 Å². The number of amides is 1. The maximum absolute atomic E-state index is 11.0. The number of hydrogen-bond acceptors (Lipinski definition) is 4. The van der Waals surface area contributed by atoms with E-state index in [4.69, 9.17) is 4.12 Å². The number of aryl methyl sites for hydroxylation is 1. The van der Waals surface area contributed by atoms with Crippen LogP contribution in [0.25, 0.3) is 11.3 Å². The van der Waals surface area contributed by atoms with Crippen molar-refractivity contribution in [2.45, 2.75) is 64.6 Å². The summed E-state index contributed by atoms with van der Waals surface area (Å²) >= 11 is 0. The van der Waals surface area contributed by atoms with Crippen molar-refractivity contribution in [1.82, 2.24) is 20.3 Å². The number of aromatic nitrogens is 3. The Morgan fingerprint density at radius 3 is 2.36 bits per heavy atom. The lowest BCUT2D eigenvalue weighted by Gasteiger charge is -2.34. The minimum atomic E-state index is -1.72. The lowest BCUT2D eigenvalue weighted by Crippen LogP contribution is -2.44. The summed E-state index contributed by atoms with van der Waals surface area (Å²) in [5.41, 5.74) is 2.01. The molecule has 1 amide bonds. The maximum Gasteiger partial charge on any atom is 0.216 e. The molecule has 0 spiro atoms. The van der Waals surface area contributed by atoms with Gasteiger partial charge in [-0.1, -0.05) is 35.5 Å². The molecule has 0 saturated heterocycles. The first-order valence-electron chi connectivity index (χ1n) is 10.1. The summed E-state index contributed by atoms with van der Waals surface area (Å²) in [6.07, 6.45) is 4.06. The minimum Gasteiger partial charge on any atom is -0.455 e. The second kappa shape index (κ2) is 10.1. The summed E-state index contributed by atoms with van der Waals surface area (Å²) in [6, 6.07) is 12.3. The van der Waals surface area contributed by atoms with Crippen molar-refractivity contribution in [1.29, 1.82) is 0 Å². The van der Waals surface area contributed by atoms with Gasteiger partial charge < -0.3 is 9.43 Å². The van der Waals surface area contributed by atoms with Crippen LogP contribution in [0.2, 0.25) is 38.3 Å². The molecule has 0 bridgehead atoms. The maximum atomic E-state index is 11.0. The minimum absolute atomic E-state index is 0.0404. The summed E-state index contributed by atoms with van der Waals surface area (Å²) in [6.45, 7) is 12.4. The molecule has 0 fully saturated rings. The summed E-state index contributed by atoms with van der Waals surface area (Å²) in [7, 11) is -3.42. The van der Waals surface area contributed by atoms with Crippen LogP contribution in [0.4, 0.5) is 0 Å². The normalized spacial score (nSPS) is 12.2. The van der Waals surface area contributed by atoms with Crippen LogP contribution in [0.5, 0.6) is 0 Å². The fourth-order valence-electron chi connectivity index (χ4n) is 3.44. The molecule has 1 heterocycles. The Morgan fingerprint density at radius 1 is 1.07 bits per heavy atom. The molecule has 0 aliphatic heterocycles. The number of nitrogens with one attached hydrogen (secondary N) is 1. The summed E-state index contributed by atoms with van der Waals surface area (Å²) in [5.74, 6) is 0.0404. The lowest BCUT2D eigenvalue weighted by molar-refractivity contribution is -0.118. The Bertz CT molecular complexity index is 748. The molecular weight excluding hydrogens is 384 g/mol. The third kappa shape index (κ3) is 8.07. The first kappa shape index (κ1) is 22.5. The molecule has 8 heteroatoms. The molecule has 0 aliphatic carbocycles. The zero-order chi connectivity index (χ0) is 20.6. The number of rotatable bonds is 11. The first-order valence-corrected chi connectivity index (χ1v) is 16.3. The van der Waals surface area contributed by atoms with Gasteiger partial charge in [0.25, 0.3) is 0 Å². The number of nitrogens with zero attached hydrogens (tertiary/aromatic N) is 3. The number of carbonyl (C=O) groups excluding carboxylic acids is 1. The van der Waals surface area contributed by atoms with Gasteiger partial charge in [-0.2, -0.15) is 0 Å². The highest BCUT2D eigenvalue weighted by Gasteiger charge is 2.32. The Hall–Kier alpha value is -1.78. The van der Waals surface area contributed by atoms with Crippen molar-refractivity contribution < 1.29 is 8.91 Å². The molecule has 0 unspecified atom stereocenters. The second-order valence-electron chi connectivity index (χ2n) is 8.54. The molecule has 6 nitrogen and oxygen atoms in total. The third-order valence-corrected chi connectivity index (χ3v) is 12.2. The SMILES string of the molecule is CC(=O)NCCC[Si](C)(C)O[Si](C)(C)CCCn1cc(-c2ccccc2)nn1. The van der Waals surface area contributed by atoms with Gasteiger partial charge in [-0.25, -0.2) is 0 Å². The largest absolute Gasteiger partial charge is 0.455 e. The van der Waals surface area contributed by atoms with Gasteiger partial charge in [0.2, 0.25) is 5.91 Å². The van der Waals surface area contributed by atoms with E-state index >= 15 is 0 Å². The van der Waals surface area contributed by atoms with Gasteiger partial charge in [-0.3, -0.25) is 9.48 Å². The van der Waals surface area contributed by atoms with Crippen LogP contribution in [0.1, 0.15) is 19.8 Å². The van der Waals surface area contributed by atoms with Gasteiger partial charge in [0.05, 0.1) is 6.20 Å². The van der Waals surface area contributed by atoms with Crippen molar-refractivity contribution in [3.63, 3.8) is 0 Å². The van der Waals surface area contributed by atoms with Crippen LogP contribution >= 0.6 is 0 Å². The summed E-state index contributed by atoms with van der Waals surface area (Å²) in [4.78, 5) is 11.0. The molecule has 0 saturated carbocycles. The summed E-state index contributed by atoms with van der Waals surface area (Å²) in [5, 5.41) is 11.4. The van der Waals surface area contributed by atoms with Gasteiger partial charge in [0.1, 0.15) is 5.69 Å². The van der Waals surface area contributed by atoms with Gasteiger partial charge in [0, 0.05) is 25.6 Å². The van der Waals surface area contributed by atoms with E-state index in [0.29, 0.717) is 0 Å². The standard InChI is InChI=1S/C20H34N4O2Si2/c1-18(25)21-13-9-15-27(2,3)26-28(4,5)16-10-14-24-17-20(22-23-24)19-11-7-6-8-12-19/h6-8,11-12,17H,9-10,13-16H2,1-5H3,(H,21,25). The van der Waals surface area contributed by atoms with E-state index in [2.05, 4.69) is 53.9 Å². The Labute approximate surface area is 170 Å². The number of carbonyl (C=O) groups is 1. The molecular formula is C20H34N4O2Si2. The molecule has 0 atom stereocenters. The van der Waals surface area contributed by atoms with Crippen LogP contribution < -0.4 is 5.32 Å². The van der Waals surface area contributed by atoms with Crippen LogP contribution in [-0.4, -0.2) is 44.1 Å². The second-order valence-corrected chi connectivity index (χ2v) is 17.4. The van der Waals surface area contributed by atoms with Crippen molar-refractivity contribution in [3.8, 4) is 11.3 Å². The van der Waals surface area contributed by atoms with Crippen molar-refractivity contribution in [2.75, 3.05) is 6.54 Å². The molecule has 2 aromatic rings. The van der Waals surface area contributed by atoms with Crippen molar-refractivity contribution in [3.05, 3.63) is 36.5 Å². The van der Waals surface area contributed by atoms with Crippen LogP contribution in [0.15, 0.2) is 36.5 Å². The van der Waals surface area contributed by atoms with Gasteiger partial charge in [-0.05, 0) is 51.1 Å². The van der Waals surface area contributed by atoms with Crippen molar-refractivity contribution in [2.24, 2.45) is 0 Å². The van der Waals surface area contributed by atoms with Crippen LogP contribution in [0.3, 0.4) is 0 Å².